The van der Waals surface area contributed by atoms with E-state index in [0.717, 1.165) is 34.6 Å². The van der Waals surface area contributed by atoms with E-state index in [1.165, 1.54) is 6.42 Å². The van der Waals surface area contributed by atoms with E-state index in [1.54, 1.807) is 0 Å². The summed E-state index contributed by atoms with van der Waals surface area (Å²) in [6, 6.07) is 12.3. The van der Waals surface area contributed by atoms with Crippen molar-refractivity contribution in [2.24, 2.45) is 5.92 Å². The lowest BCUT2D eigenvalue weighted by Gasteiger charge is -2.14. The summed E-state index contributed by atoms with van der Waals surface area (Å²) >= 11 is 6.21. The van der Waals surface area contributed by atoms with E-state index in [2.05, 4.69) is 37.4 Å². The van der Waals surface area contributed by atoms with E-state index in [9.17, 15) is 0 Å². The Labute approximate surface area is 125 Å². The molecule has 1 aliphatic rings. The molecule has 1 aromatic heterocycles. The van der Waals surface area contributed by atoms with Crippen molar-refractivity contribution in [2.45, 2.75) is 38.8 Å². The monoisotopic (exact) mass is 289 g/mol. The molecule has 0 spiro atoms. The molecule has 1 heterocycles. The van der Waals surface area contributed by atoms with Gasteiger partial charge in [0.2, 0.25) is 0 Å². The molecule has 0 radical (unpaired) electrons. The molecule has 0 aliphatic heterocycles. The van der Waals surface area contributed by atoms with Gasteiger partial charge in [0.05, 0.1) is 6.54 Å². The SMILES string of the molecule is CC1CC1c1ccc(CN[C@H](C)c2ccccc2Cl)o1. The number of benzene rings is 1. The van der Waals surface area contributed by atoms with Gasteiger partial charge in [0.15, 0.2) is 0 Å². The second kappa shape index (κ2) is 5.63. The Morgan fingerprint density at radius 1 is 1.30 bits per heavy atom. The van der Waals surface area contributed by atoms with Gasteiger partial charge in [-0.3, -0.25) is 0 Å². The first kappa shape index (κ1) is 13.7. The second-order valence-electron chi connectivity index (χ2n) is 5.75. The number of furan rings is 1. The summed E-state index contributed by atoms with van der Waals surface area (Å²) in [4.78, 5) is 0. The molecule has 2 aromatic rings. The molecular weight excluding hydrogens is 270 g/mol. The number of hydrogen-bond donors (Lipinski definition) is 1. The Bertz CT molecular complexity index is 592. The largest absolute Gasteiger partial charge is 0.464 e. The van der Waals surface area contributed by atoms with Gasteiger partial charge in [-0.25, -0.2) is 0 Å². The van der Waals surface area contributed by atoms with Crippen molar-refractivity contribution >= 4 is 11.6 Å². The molecule has 1 aliphatic carbocycles. The third-order valence-electron chi connectivity index (χ3n) is 4.11. The minimum Gasteiger partial charge on any atom is -0.464 e. The smallest absolute Gasteiger partial charge is 0.117 e. The van der Waals surface area contributed by atoms with Crippen LogP contribution in [0.5, 0.6) is 0 Å². The zero-order valence-corrected chi connectivity index (χ0v) is 12.7. The van der Waals surface area contributed by atoms with Crippen molar-refractivity contribution in [2.75, 3.05) is 0 Å². The van der Waals surface area contributed by atoms with Gasteiger partial charge in [0.25, 0.3) is 0 Å². The van der Waals surface area contributed by atoms with Crippen LogP contribution < -0.4 is 5.32 Å². The molecule has 1 N–H and O–H groups in total. The molecule has 0 bridgehead atoms. The predicted molar refractivity (Wildman–Crippen MR) is 81.9 cm³/mol. The minimum absolute atomic E-state index is 0.206. The van der Waals surface area contributed by atoms with Gasteiger partial charge in [-0.1, -0.05) is 36.7 Å². The van der Waals surface area contributed by atoms with Crippen molar-refractivity contribution in [3.05, 3.63) is 58.5 Å². The Morgan fingerprint density at radius 2 is 2.05 bits per heavy atom. The minimum atomic E-state index is 0.206. The zero-order chi connectivity index (χ0) is 14.1. The van der Waals surface area contributed by atoms with Crippen LogP contribution in [0.2, 0.25) is 5.02 Å². The highest BCUT2D eigenvalue weighted by Crippen LogP contribution is 2.47. The lowest BCUT2D eigenvalue weighted by Crippen LogP contribution is -2.18. The van der Waals surface area contributed by atoms with Crippen molar-refractivity contribution < 1.29 is 4.42 Å². The molecule has 2 unspecified atom stereocenters. The van der Waals surface area contributed by atoms with Crippen LogP contribution in [-0.4, -0.2) is 0 Å². The van der Waals surface area contributed by atoms with Crippen LogP contribution >= 0.6 is 11.6 Å². The molecule has 2 nitrogen and oxygen atoms in total. The van der Waals surface area contributed by atoms with E-state index in [1.807, 2.05) is 18.2 Å². The summed E-state index contributed by atoms with van der Waals surface area (Å²) in [5.41, 5.74) is 1.12. The number of nitrogens with one attached hydrogen (secondary N) is 1. The van der Waals surface area contributed by atoms with E-state index in [4.69, 9.17) is 16.0 Å². The lowest BCUT2D eigenvalue weighted by molar-refractivity contribution is 0.430. The van der Waals surface area contributed by atoms with Gasteiger partial charge in [-0.2, -0.15) is 0 Å². The number of rotatable bonds is 5. The molecule has 1 aromatic carbocycles. The molecule has 0 saturated heterocycles. The Balaban J connectivity index is 1.59. The summed E-state index contributed by atoms with van der Waals surface area (Å²) in [7, 11) is 0. The van der Waals surface area contributed by atoms with Crippen LogP contribution in [0.25, 0.3) is 0 Å². The van der Waals surface area contributed by atoms with Gasteiger partial charge < -0.3 is 9.73 Å². The van der Waals surface area contributed by atoms with Crippen LogP contribution in [0.3, 0.4) is 0 Å². The molecule has 1 fully saturated rings. The maximum Gasteiger partial charge on any atom is 0.117 e. The topological polar surface area (TPSA) is 25.2 Å². The van der Waals surface area contributed by atoms with E-state index in [0.29, 0.717) is 5.92 Å². The normalized spacial score (nSPS) is 22.8. The van der Waals surface area contributed by atoms with Crippen LogP contribution in [0.1, 0.15) is 49.3 Å². The first-order chi connectivity index (χ1) is 9.65. The molecule has 3 rings (SSSR count). The summed E-state index contributed by atoms with van der Waals surface area (Å²) in [6.07, 6.45) is 1.26. The lowest BCUT2D eigenvalue weighted by atomic mass is 10.1. The maximum atomic E-state index is 6.21. The van der Waals surface area contributed by atoms with Crippen molar-refractivity contribution in [3.63, 3.8) is 0 Å². The van der Waals surface area contributed by atoms with Crippen LogP contribution in [0.4, 0.5) is 0 Å². The zero-order valence-electron chi connectivity index (χ0n) is 11.9. The Hall–Kier alpha value is -1.25. The summed E-state index contributed by atoms with van der Waals surface area (Å²) in [5, 5.41) is 4.27. The summed E-state index contributed by atoms with van der Waals surface area (Å²) < 4.78 is 5.90. The fraction of sp³-hybridized carbons (Fsp3) is 0.412. The van der Waals surface area contributed by atoms with E-state index in [-0.39, 0.29) is 6.04 Å². The fourth-order valence-electron chi connectivity index (χ4n) is 2.60. The van der Waals surface area contributed by atoms with Crippen LogP contribution in [0.15, 0.2) is 40.8 Å². The van der Waals surface area contributed by atoms with Gasteiger partial charge >= 0.3 is 0 Å². The first-order valence-corrected chi connectivity index (χ1v) is 7.59. The predicted octanol–water partition coefficient (Wildman–Crippen LogP) is 4.91. The van der Waals surface area contributed by atoms with Crippen molar-refractivity contribution in [1.29, 1.82) is 0 Å². The highest BCUT2D eigenvalue weighted by atomic mass is 35.5. The van der Waals surface area contributed by atoms with E-state index < -0.39 is 0 Å². The average molecular weight is 290 g/mol. The second-order valence-corrected chi connectivity index (χ2v) is 6.15. The summed E-state index contributed by atoms with van der Waals surface area (Å²) in [5.74, 6) is 3.56. The maximum absolute atomic E-state index is 6.21. The van der Waals surface area contributed by atoms with Crippen molar-refractivity contribution in [3.8, 4) is 0 Å². The molecule has 106 valence electrons. The molecule has 3 heteroatoms. The Morgan fingerprint density at radius 3 is 2.75 bits per heavy atom. The Kier molecular flexibility index (Phi) is 3.86. The average Bonchev–Trinajstić information content (AvgIpc) is 3.00. The summed E-state index contributed by atoms with van der Waals surface area (Å²) in [6.45, 7) is 5.12. The van der Waals surface area contributed by atoms with Gasteiger partial charge in [0.1, 0.15) is 11.5 Å². The third kappa shape index (κ3) is 2.92. The van der Waals surface area contributed by atoms with Gasteiger partial charge in [0, 0.05) is 17.0 Å². The molecule has 3 atom stereocenters. The van der Waals surface area contributed by atoms with Gasteiger partial charge in [-0.15, -0.1) is 0 Å². The fourth-order valence-corrected chi connectivity index (χ4v) is 2.90. The number of halogens is 1. The highest BCUT2D eigenvalue weighted by Gasteiger charge is 2.36. The van der Waals surface area contributed by atoms with Crippen molar-refractivity contribution in [1.82, 2.24) is 5.32 Å². The number of hydrogen-bond acceptors (Lipinski definition) is 2. The highest BCUT2D eigenvalue weighted by molar-refractivity contribution is 6.31. The quantitative estimate of drug-likeness (QED) is 0.846. The molecule has 20 heavy (non-hydrogen) atoms. The molecular formula is C17H20ClNO. The first-order valence-electron chi connectivity index (χ1n) is 7.21. The standard InChI is InChI=1S/C17H20ClNO/c1-11-9-15(11)17-8-7-13(20-17)10-19-12(2)14-5-3-4-6-16(14)18/h3-8,11-12,15,19H,9-10H2,1-2H3/t11?,12-,15?/m1/s1. The van der Waals surface area contributed by atoms with Crippen LogP contribution in [0, 0.1) is 5.92 Å². The molecule has 1 saturated carbocycles. The molecule has 0 amide bonds. The van der Waals surface area contributed by atoms with E-state index >= 15 is 0 Å². The van der Waals surface area contributed by atoms with Gasteiger partial charge in [-0.05, 0) is 43.0 Å². The third-order valence-corrected chi connectivity index (χ3v) is 4.46. The van der Waals surface area contributed by atoms with Crippen LogP contribution in [-0.2, 0) is 6.54 Å².